The Labute approximate surface area is 223 Å². The van der Waals surface area contributed by atoms with Crippen LogP contribution >= 0.6 is 11.3 Å². The Balaban J connectivity index is 1.71. The molecular formula is C29H26N2O6S. The lowest BCUT2D eigenvalue weighted by atomic mass is 9.97. The van der Waals surface area contributed by atoms with Crippen molar-refractivity contribution >= 4 is 39.3 Å². The van der Waals surface area contributed by atoms with Gasteiger partial charge in [0, 0.05) is 0 Å². The van der Waals surface area contributed by atoms with Gasteiger partial charge in [-0.3, -0.25) is 14.5 Å². The standard InChI is InChI=1S/C29H26N2O6S/c1-6-12-36-28(34)26-17(5)30-29(38-26)31-23(18-8-10-19(11-9-18)35-7-2)22-24(32)20-13-15(3)16(4)14-21(20)37-25(22)27(31)33/h6,8-11,13-14,23H,1,7,12H2,2-5H3. The topological polar surface area (TPSA) is 98.9 Å². The maximum absolute atomic E-state index is 13.9. The largest absolute Gasteiger partial charge is 0.494 e. The summed E-state index contributed by atoms with van der Waals surface area (Å²) in [5.41, 5.74) is 3.30. The minimum Gasteiger partial charge on any atom is -0.494 e. The first-order valence-electron chi connectivity index (χ1n) is 12.1. The number of benzene rings is 2. The minimum absolute atomic E-state index is 0.0340. The van der Waals surface area contributed by atoms with Gasteiger partial charge in [-0.2, -0.15) is 0 Å². The van der Waals surface area contributed by atoms with E-state index in [4.69, 9.17) is 13.9 Å². The minimum atomic E-state index is -0.807. The van der Waals surface area contributed by atoms with Gasteiger partial charge in [-0.05, 0) is 68.7 Å². The Kier molecular flexibility index (Phi) is 6.62. The van der Waals surface area contributed by atoms with Crippen molar-refractivity contribution in [2.75, 3.05) is 18.1 Å². The molecule has 4 aromatic rings. The Bertz CT molecular complexity index is 1650. The normalized spacial score (nSPS) is 14.6. The number of carbonyl (C=O) groups excluding carboxylic acids is 2. The Morgan fingerprint density at radius 1 is 1.16 bits per heavy atom. The molecule has 1 atom stereocenters. The number of aromatic nitrogens is 1. The summed E-state index contributed by atoms with van der Waals surface area (Å²) < 4.78 is 16.9. The van der Waals surface area contributed by atoms with Crippen LogP contribution in [0.1, 0.15) is 61.1 Å². The van der Waals surface area contributed by atoms with Gasteiger partial charge in [0.15, 0.2) is 10.6 Å². The second kappa shape index (κ2) is 9.90. The average Bonchev–Trinajstić information content (AvgIpc) is 3.42. The van der Waals surface area contributed by atoms with Crippen molar-refractivity contribution in [3.8, 4) is 5.75 Å². The smallest absolute Gasteiger partial charge is 0.350 e. The van der Waals surface area contributed by atoms with E-state index in [9.17, 15) is 14.4 Å². The lowest BCUT2D eigenvalue weighted by Crippen LogP contribution is -2.29. The van der Waals surface area contributed by atoms with Gasteiger partial charge >= 0.3 is 5.97 Å². The van der Waals surface area contributed by atoms with Crippen LogP contribution in [0.4, 0.5) is 5.13 Å². The molecule has 0 spiro atoms. The molecule has 1 aliphatic rings. The number of carbonyl (C=O) groups is 2. The lowest BCUT2D eigenvalue weighted by molar-refractivity contribution is 0.0554. The Morgan fingerprint density at radius 3 is 2.55 bits per heavy atom. The van der Waals surface area contributed by atoms with Crippen molar-refractivity contribution < 1.29 is 23.5 Å². The number of nitrogens with zero attached hydrogens (tertiary/aromatic N) is 2. The molecular weight excluding hydrogens is 504 g/mol. The SMILES string of the molecule is C=CCOC(=O)c1sc(N2C(=O)c3oc4cc(C)c(C)cc4c(=O)c3C2c2ccc(OCC)cc2)nc1C. The van der Waals surface area contributed by atoms with Crippen molar-refractivity contribution in [2.24, 2.45) is 0 Å². The second-order valence-electron chi connectivity index (χ2n) is 8.98. The van der Waals surface area contributed by atoms with Crippen LogP contribution < -0.4 is 15.1 Å². The van der Waals surface area contributed by atoms with E-state index in [1.165, 1.54) is 11.0 Å². The van der Waals surface area contributed by atoms with Crippen LogP contribution in [-0.2, 0) is 4.74 Å². The number of rotatable bonds is 7. The van der Waals surface area contributed by atoms with Gasteiger partial charge in [0.05, 0.1) is 29.3 Å². The molecule has 2 aromatic heterocycles. The van der Waals surface area contributed by atoms with Gasteiger partial charge in [0.1, 0.15) is 22.8 Å². The number of amides is 1. The molecule has 3 heterocycles. The molecule has 38 heavy (non-hydrogen) atoms. The van der Waals surface area contributed by atoms with Gasteiger partial charge in [-0.15, -0.1) is 0 Å². The van der Waals surface area contributed by atoms with E-state index in [-0.39, 0.29) is 33.4 Å². The van der Waals surface area contributed by atoms with Crippen LogP contribution in [0.15, 0.2) is 58.3 Å². The van der Waals surface area contributed by atoms with E-state index in [1.54, 1.807) is 31.2 Å². The molecule has 194 valence electrons. The Hall–Kier alpha value is -4.24. The van der Waals surface area contributed by atoms with Crippen LogP contribution in [0.5, 0.6) is 5.75 Å². The lowest BCUT2D eigenvalue weighted by Gasteiger charge is -2.22. The van der Waals surface area contributed by atoms with Crippen LogP contribution in [0.25, 0.3) is 11.0 Å². The molecule has 9 heteroatoms. The number of esters is 1. The van der Waals surface area contributed by atoms with Gasteiger partial charge in [-0.1, -0.05) is 36.1 Å². The monoisotopic (exact) mass is 530 g/mol. The number of ether oxygens (including phenoxy) is 2. The maximum atomic E-state index is 13.9. The molecule has 5 rings (SSSR count). The fourth-order valence-corrected chi connectivity index (χ4v) is 5.52. The third kappa shape index (κ3) is 4.18. The predicted octanol–water partition coefficient (Wildman–Crippen LogP) is 5.67. The zero-order chi connectivity index (χ0) is 27.1. The summed E-state index contributed by atoms with van der Waals surface area (Å²) in [6.07, 6.45) is 1.48. The summed E-state index contributed by atoms with van der Waals surface area (Å²) in [6, 6.07) is 9.97. The first kappa shape index (κ1) is 25.4. The summed E-state index contributed by atoms with van der Waals surface area (Å²) in [6.45, 7) is 11.5. The fourth-order valence-electron chi connectivity index (χ4n) is 4.53. The van der Waals surface area contributed by atoms with E-state index in [1.807, 2.05) is 32.9 Å². The van der Waals surface area contributed by atoms with Crippen molar-refractivity contribution in [3.05, 3.63) is 97.9 Å². The molecule has 2 aromatic carbocycles. The first-order valence-corrected chi connectivity index (χ1v) is 13.0. The van der Waals surface area contributed by atoms with E-state index in [2.05, 4.69) is 11.6 Å². The Morgan fingerprint density at radius 2 is 1.87 bits per heavy atom. The zero-order valence-corrected chi connectivity index (χ0v) is 22.3. The molecule has 1 unspecified atom stereocenters. The van der Waals surface area contributed by atoms with Crippen molar-refractivity contribution in [3.63, 3.8) is 0 Å². The third-order valence-corrected chi connectivity index (χ3v) is 7.64. The summed E-state index contributed by atoms with van der Waals surface area (Å²) in [7, 11) is 0. The number of thiazole rings is 1. The van der Waals surface area contributed by atoms with Crippen molar-refractivity contribution in [1.29, 1.82) is 0 Å². The summed E-state index contributed by atoms with van der Waals surface area (Å²) in [5.74, 6) is -0.427. The summed E-state index contributed by atoms with van der Waals surface area (Å²) in [4.78, 5) is 46.6. The number of hydrogen-bond acceptors (Lipinski definition) is 8. The molecule has 0 saturated carbocycles. The zero-order valence-electron chi connectivity index (χ0n) is 21.5. The van der Waals surface area contributed by atoms with Crippen LogP contribution in [0, 0.1) is 20.8 Å². The average molecular weight is 531 g/mol. The van der Waals surface area contributed by atoms with Gasteiger partial charge in [-0.25, -0.2) is 9.78 Å². The molecule has 0 N–H and O–H groups in total. The molecule has 0 saturated heterocycles. The van der Waals surface area contributed by atoms with Gasteiger partial charge in [0.2, 0.25) is 5.76 Å². The first-order chi connectivity index (χ1) is 18.2. The number of fused-ring (bicyclic) bond motifs is 2. The molecule has 8 nitrogen and oxygen atoms in total. The highest BCUT2D eigenvalue weighted by molar-refractivity contribution is 7.17. The highest BCUT2D eigenvalue weighted by Gasteiger charge is 2.45. The van der Waals surface area contributed by atoms with E-state index in [0.29, 0.717) is 34.6 Å². The van der Waals surface area contributed by atoms with Gasteiger partial charge in [0.25, 0.3) is 5.91 Å². The van der Waals surface area contributed by atoms with Crippen LogP contribution in [0.2, 0.25) is 0 Å². The van der Waals surface area contributed by atoms with Crippen molar-refractivity contribution in [1.82, 2.24) is 4.98 Å². The third-order valence-electron chi connectivity index (χ3n) is 6.50. The van der Waals surface area contributed by atoms with Crippen LogP contribution in [-0.4, -0.2) is 30.1 Å². The highest BCUT2D eigenvalue weighted by atomic mass is 32.1. The molecule has 0 aliphatic carbocycles. The second-order valence-corrected chi connectivity index (χ2v) is 9.96. The van der Waals surface area contributed by atoms with E-state index in [0.717, 1.165) is 22.5 Å². The number of aryl methyl sites for hydroxylation is 3. The van der Waals surface area contributed by atoms with E-state index >= 15 is 0 Å². The molecule has 1 amide bonds. The highest BCUT2D eigenvalue weighted by Crippen LogP contribution is 2.43. The maximum Gasteiger partial charge on any atom is 0.350 e. The van der Waals surface area contributed by atoms with Crippen LogP contribution in [0.3, 0.4) is 0 Å². The summed E-state index contributed by atoms with van der Waals surface area (Å²) >= 11 is 1.03. The van der Waals surface area contributed by atoms with E-state index < -0.39 is 17.9 Å². The molecule has 0 bridgehead atoms. The fraction of sp³-hybridized carbons (Fsp3) is 0.241. The summed E-state index contributed by atoms with van der Waals surface area (Å²) in [5, 5.41) is 0.667. The molecule has 0 radical (unpaired) electrons. The molecule has 0 fully saturated rings. The number of hydrogen-bond donors (Lipinski definition) is 0. The number of anilines is 1. The van der Waals surface area contributed by atoms with Gasteiger partial charge < -0.3 is 13.9 Å². The quantitative estimate of drug-likeness (QED) is 0.224. The van der Waals surface area contributed by atoms with Crippen molar-refractivity contribution in [2.45, 2.75) is 33.7 Å². The predicted molar refractivity (Wildman–Crippen MR) is 146 cm³/mol. The molecule has 1 aliphatic heterocycles.